The zero-order valence-electron chi connectivity index (χ0n) is 12.9. The second-order valence-corrected chi connectivity index (χ2v) is 6.02. The molecule has 0 saturated carbocycles. The monoisotopic (exact) mass is 261 g/mol. The van der Waals surface area contributed by atoms with Gasteiger partial charge in [0, 0.05) is 31.1 Å². The molecule has 0 fully saturated rings. The molecule has 0 unspecified atom stereocenters. The van der Waals surface area contributed by atoms with E-state index in [-0.39, 0.29) is 5.78 Å². The lowest BCUT2D eigenvalue weighted by Gasteiger charge is -2.27. The number of carbonyl (C=O) groups is 1. The van der Waals surface area contributed by atoms with Gasteiger partial charge in [-0.25, -0.2) is 0 Å². The van der Waals surface area contributed by atoms with E-state index in [9.17, 15) is 4.79 Å². The summed E-state index contributed by atoms with van der Waals surface area (Å²) in [5, 5.41) is 0. The van der Waals surface area contributed by atoms with Crippen molar-refractivity contribution in [3.05, 3.63) is 35.4 Å². The number of rotatable bonds is 7. The van der Waals surface area contributed by atoms with Crippen LogP contribution in [0.4, 0.5) is 0 Å². The van der Waals surface area contributed by atoms with Gasteiger partial charge in [0.1, 0.15) is 0 Å². The molecular formula is C17H27NO. The van der Waals surface area contributed by atoms with Gasteiger partial charge >= 0.3 is 0 Å². The van der Waals surface area contributed by atoms with Crippen LogP contribution in [0, 0.1) is 12.8 Å². The zero-order chi connectivity index (χ0) is 14.4. The van der Waals surface area contributed by atoms with Crippen molar-refractivity contribution in [1.82, 2.24) is 4.90 Å². The van der Waals surface area contributed by atoms with Gasteiger partial charge in [0.2, 0.25) is 0 Å². The minimum atomic E-state index is 0.245. The average molecular weight is 261 g/mol. The van der Waals surface area contributed by atoms with Crippen molar-refractivity contribution in [3.8, 4) is 0 Å². The third-order valence-electron chi connectivity index (χ3n) is 3.33. The number of nitrogens with zero attached hydrogens (tertiary/aromatic N) is 1. The summed E-state index contributed by atoms with van der Waals surface area (Å²) in [6, 6.07) is 8.36. The SMILES string of the molecule is Cc1ccc(C(=O)CCN(CC(C)C)C(C)C)cc1. The maximum atomic E-state index is 12.1. The normalized spacial score (nSPS) is 11.6. The lowest BCUT2D eigenvalue weighted by molar-refractivity contribution is 0.0950. The van der Waals surface area contributed by atoms with Crippen LogP contribution in [0.15, 0.2) is 24.3 Å². The fourth-order valence-corrected chi connectivity index (χ4v) is 2.16. The molecule has 0 N–H and O–H groups in total. The van der Waals surface area contributed by atoms with E-state index in [2.05, 4.69) is 32.6 Å². The van der Waals surface area contributed by atoms with Gasteiger partial charge in [-0.05, 0) is 26.7 Å². The molecule has 1 rings (SSSR count). The molecular weight excluding hydrogens is 234 g/mol. The molecule has 0 aliphatic carbocycles. The number of ketones is 1. The van der Waals surface area contributed by atoms with Gasteiger partial charge in [-0.3, -0.25) is 4.79 Å². The van der Waals surface area contributed by atoms with E-state index in [0.29, 0.717) is 18.4 Å². The second-order valence-electron chi connectivity index (χ2n) is 6.02. The Morgan fingerprint density at radius 2 is 1.68 bits per heavy atom. The minimum absolute atomic E-state index is 0.245. The van der Waals surface area contributed by atoms with Crippen molar-refractivity contribution in [1.29, 1.82) is 0 Å². The van der Waals surface area contributed by atoms with E-state index in [0.717, 1.165) is 18.7 Å². The molecule has 0 spiro atoms. The van der Waals surface area contributed by atoms with Gasteiger partial charge < -0.3 is 4.90 Å². The summed E-state index contributed by atoms with van der Waals surface area (Å²) in [5.74, 6) is 0.881. The lowest BCUT2D eigenvalue weighted by atomic mass is 10.1. The predicted octanol–water partition coefficient (Wildman–Crippen LogP) is 3.93. The van der Waals surface area contributed by atoms with Crippen LogP contribution < -0.4 is 0 Å². The molecule has 0 saturated heterocycles. The number of hydrogen-bond donors (Lipinski definition) is 0. The Morgan fingerprint density at radius 1 is 1.11 bits per heavy atom. The van der Waals surface area contributed by atoms with E-state index in [1.807, 2.05) is 31.2 Å². The first kappa shape index (κ1) is 15.9. The predicted molar refractivity (Wildman–Crippen MR) is 81.7 cm³/mol. The van der Waals surface area contributed by atoms with Gasteiger partial charge in [0.25, 0.3) is 0 Å². The summed E-state index contributed by atoms with van der Waals surface area (Å²) in [7, 11) is 0. The third-order valence-corrected chi connectivity index (χ3v) is 3.33. The van der Waals surface area contributed by atoms with Crippen LogP contribution in [-0.4, -0.2) is 29.8 Å². The first-order valence-electron chi connectivity index (χ1n) is 7.24. The van der Waals surface area contributed by atoms with E-state index < -0.39 is 0 Å². The largest absolute Gasteiger partial charge is 0.300 e. The fraction of sp³-hybridized carbons (Fsp3) is 0.588. The lowest BCUT2D eigenvalue weighted by Crippen LogP contribution is -2.35. The molecule has 0 radical (unpaired) electrons. The van der Waals surface area contributed by atoms with Crippen LogP contribution in [0.25, 0.3) is 0 Å². The summed E-state index contributed by atoms with van der Waals surface area (Å²) >= 11 is 0. The average Bonchev–Trinajstić information content (AvgIpc) is 2.34. The van der Waals surface area contributed by atoms with Crippen molar-refractivity contribution < 1.29 is 4.79 Å². The van der Waals surface area contributed by atoms with Crippen molar-refractivity contribution in [2.24, 2.45) is 5.92 Å². The van der Waals surface area contributed by atoms with Gasteiger partial charge in [0.15, 0.2) is 5.78 Å². The van der Waals surface area contributed by atoms with Crippen LogP contribution in [-0.2, 0) is 0 Å². The van der Waals surface area contributed by atoms with Gasteiger partial charge in [-0.2, -0.15) is 0 Å². The second kappa shape index (κ2) is 7.44. The minimum Gasteiger partial charge on any atom is -0.300 e. The Morgan fingerprint density at radius 3 is 2.16 bits per heavy atom. The molecule has 106 valence electrons. The number of benzene rings is 1. The van der Waals surface area contributed by atoms with Crippen LogP contribution >= 0.6 is 0 Å². The number of aryl methyl sites for hydroxylation is 1. The maximum Gasteiger partial charge on any atom is 0.164 e. The summed E-state index contributed by atoms with van der Waals surface area (Å²) in [6.45, 7) is 12.8. The highest BCUT2D eigenvalue weighted by molar-refractivity contribution is 5.96. The highest BCUT2D eigenvalue weighted by Gasteiger charge is 2.13. The molecule has 0 amide bonds. The van der Waals surface area contributed by atoms with E-state index in [1.54, 1.807) is 0 Å². The summed E-state index contributed by atoms with van der Waals surface area (Å²) in [6.07, 6.45) is 0.605. The van der Waals surface area contributed by atoms with Crippen LogP contribution in [0.5, 0.6) is 0 Å². The molecule has 0 aliphatic heterocycles. The molecule has 1 aromatic rings. The number of carbonyl (C=O) groups excluding carboxylic acids is 1. The maximum absolute atomic E-state index is 12.1. The third kappa shape index (κ3) is 5.56. The molecule has 2 nitrogen and oxygen atoms in total. The Labute approximate surface area is 117 Å². The Hall–Kier alpha value is -1.15. The first-order chi connectivity index (χ1) is 8.90. The van der Waals surface area contributed by atoms with Gasteiger partial charge in [0.05, 0.1) is 0 Å². The van der Waals surface area contributed by atoms with Crippen molar-refractivity contribution in [2.45, 2.75) is 47.1 Å². The van der Waals surface area contributed by atoms with E-state index >= 15 is 0 Å². The molecule has 1 aromatic carbocycles. The number of Topliss-reactive ketones (excluding diaryl/α,β-unsaturated/α-hetero) is 1. The zero-order valence-corrected chi connectivity index (χ0v) is 12.9. The summed E-state index contributed by atoms with van der Waals surface area (Å²) < 4.78 is 0. The highest BCUT2D eigenvalue weighted by atomic mass is 16.1. The Bertz CT molecular complexity index is 392. The van der Waals surface area contributed by atoms with Crippen LogP contribution in [0.2, 0.25) is 0 Å². The fourth-order valence-electron chi connectivity index (χ4n) is 2.16. The van der Waals surface area contributed by atoms with Gasteiger partial charge in [-0.15, -0.1) is 0 Å². The highest BCUT2D eigenvalue weighted by Crippen LogP contribution is 2.09. The van der Waals surface area contributed by atoms with Crippen LogP contribution in [0.3, 0.4) is 0 Å². The smallest absolute Gasteiger partial charge is 0.164 e. The summed E-state index contributed by atoms with van der Waals surface area (Å²) in [5.41, 5.74) is 2.03. The molecule has 0 aliphatic rings. The van der Waals surface area contributed by atoms with E-state index in [4.69, 9.17) is 0 Å². The molecule has 0 bridgehead atoms. The van der Waals surface area contributed by atoms with Crippen molar-refractivity contribution >= 4 is 5.78 Å². The van der Waals surface area contributed by atoms with Crippen molar-refractivity contribution in [2.75, 3.05) is 13.1 Å². The topological polar surface area (TPSA) is 20.3 Å². The molecule has 19 heavy (non-hydrogen) atoms. The van der Waals surface area contributed by atoms with Gasteiger partial charge in [-0.1, -0.05) is 43.7 Å². The first-order valence-corrected chi connectivity index (χ1v) is 7.24. The summed E-state index contributed by atoms with van der Waals surface area (Å²) in [4.78, 5) is 14.5. The number of hydrogen-bond acceptors (Lipinski definition) is 2. The molecule has 0 heterocycles. The molecule has 0 atom stereocenters. The Balaban J connectivity index is 2.54. The van der Waals surface area contributed by atoms with Crippen molar-refractivity contribution in [3.63, 3.8) is 0 Å². The Kier molecular flexibility index (Phi) is 6.23. The standard InChI is InChI=1S/C17H27NO/c1-13(2)12-18(14(3)4)11-10-17(19)16-8-6-15(5)7-9-16/h6-9,13-14H,10-12H2,1-5H3. The quantitative estimate of drug-likeness (QED) is 0.693. The molecule has 0 aromatic heterocycles. The van der Waals surface area contributed by atoms with E-state index in [1.165, 1.54) is 5.56 Å². The molecule has 2 heteroatoms. The van der Waals surface area contributed by atoms with Crippen LogP contribution in [0.1, 0.15) is 50.0 Å².